The van der Waals surface area contributed by atoms with Gasteiger partial charge in [0.1, 0.15) is 0 Å². The summed E-state index contributed by atoms with van der Waals surface area (Å²) in [5.74, 6) is -0.223. The molecule has 3 aromatic rings. The zero-order valence-electron chi connectivity index (χ0n) is 10.5. The molecule has 0 saturated heterocycles. The molecule has 1 aromatic heterocycles. The van der Waals surface area contributed by atoms with E-state index in [1.807, 2.05) is 30.5 Å². The predicted octanol–water partition coefficient (Wildman–Crippen LogP) is 3.76. The standard InChI is InChI=1S/C15H12BrN3O/c16-10-1-3-13(17)12(8-10)15(20)19-11-2-4-14-9(7-11)5-6-18-14/h1-8,18H,17H2,(H,19,20). The van der Waals surface area contributed by atoms with E-state index < -0.39 is 0 Å². The van der Waals surface area contributed by atoms with Gasteiger partial charge in [-0.05, 0) is 42.5 Å². The molecule has 0 radical (unpaired) electrons. The summed E-state index contributed by atoms with van der Waals surface area (Å²) in [6.45, 7) is 0. The number of hydrogen-bond donors (Lipinski definition) is 3. The maximum atomic E-state index is 12.2. The molecule has 3 rings (SSSR count). The van der Waals surface area contributed by atoms with Crippen molar-refractivity contribution in [2.45, 2.75) is 0 Å². The molecule has 1 amide bonds. The second kappa shape index (κ2) is 5.02. The van der Waals surface area contributed by atoms with Crippen LogP contribution in [0.5, 0.6) is 0 Å². The number of anilines is 2. The molecule has 0 atom stereocenters. The molecule has 4 N–H and O–H groups in total. The van der Waals surface area contributed by atoms with Crippen molar-refractivity contribution in [2.24, 2.45) is 0 Å². The van der Waals surface area contributed by atoms with Crippen molar-refractivity contribution in [2.75, 3.05) is 11.1 Å². The number of nitrogen functional groups attached to an aromatic ring is 1. The lowest BCUT2D eigenvalue weighted by molar-refractivity contribution is 0.102. The molecule has 2 aromatic carbocycles. The summed E-state index contributed by atoms with van der Waals surface area (Å²) in [4.78, 5) is 15.4. The van der Waals surface area contributed by atoms with E-state index in [2.05, 4.69) is 26.2 Å². The van der Waals surface area contributed by atoms with Gasteiger partial charge < -0.3 is 16.0 Å². The first kappa shape index (κ1) is 12.7. The Morgan fingerprint density at radius 1 is 1.15 bits per heavy atom. The van der Waals surface area contributed by atoms with Crippen LogP contribution < -0.4 is 11.1 Å². The van der Waals surface area contributed by atoms with Crippen LogP contribution >= 0.6 is 15.9 Å². The van der Waals surface area contributed by atoms with E-state index in [0.717, 1.165) is 21.1 Å². The van der Waals surface area contributed by atoms with Crippen LogP contribution in [-0.2, 0) is 0 Å². The van der Waals surface area contributed by atoms with Crippen LogP contribution in [-0.4, -0.2) is 10.9 Å². The lowest BCUT2D eigenvalue weighted by Crippen LogP contribution is -2.14. The molecule has 0 spiro atoms. The second-order valence-electron chi connectivity index (χ2n) is 4.47. The van der Waals surface area contributed by atoms with E-state index in [1.54, 1.807) is 18.2 Å². The summed E-state index contributed by atoms with van der Waals surface area (Å²) >= 11 is 3.34. The maximum Gasteiger partial charge on any atom is 0.257 e. The quantitative estimate of drug-likeness (QED) is 0.626. The second-order valence-corrected chi connectivity index (χ2v) is 5.38. The summed E-state index contributed by atoms with van der Waals surface area (Å²) in [5.41, 5.74) is 8.51. The average Bonchev–Trinajstić information content (AvgIpc) is 2.89. The van der Waals surface area contributed by atoms with E-state index >= 15 is 0 Å². The van der Waals surface area contributed by atoms with Gasteiger partial charge >= 0.3 is 0 Å². The van der Waals surface area contributed by atoms with Crippen LogP contribution in [0.2, 0.25) is 0 Å². The van der Waals surface area contributed by atoms with Crippen LogP contribution in [0.3, 0.4) is 0 Å². The van der Waals surface area contributed by atoms with Crippen molar-refractivity contribution in [3.05, 3.63) is 58.7 Å². The Balaban J connectivity index is 1.89. The van der Waals surface area contributed by atoms with Gasteiger partial charge in [0.05, 0.1) is 5.56 Å². The Morgan fingerprint density at radius 3 is 2.85 bits per heavy atom. The van der Waals surface area contributed by atoms with Crippen molar-refractivity contribution >= 4 is 44.1 Å². The van der Waals surface area contributed by atoms with Gasteiger partial charge in [0.25, 0.3) is 5.91 Å². The summed E-state index contributed by atoms with van der Waals surface area (Å²) < 4.78 is 0.818. The summed E-state index contributed by atoms with van der Waals surface area (Å²) in [7, 11) is 0. The topological polar surface area (TPSA) is 70.9 Å². The highest BCUT2D eigenvalue weighted by Gasteiger charge is 2.10. The Kier molecular flexibility index (Phi) is 3.20. The lowest BCUT2D eigenvalue weighted by Gasteiger charge is -2.08. The largest absolute Gasteiger partial charge is 0.398 e. The Bertz CT molecular complexity index is 795. The number of H-pyrrole nitrogens is 1. The van der Waals surface area contributed by atoms with Crippen LogP contribution in [0, 0.1) is 0 Å². The Hall–Kier alpha value is -2.27. The first-order chi connectivity index (χ1) is 9.63. The normalized spacial score (nSPS) is 10.7. The fourth-order valence-electron chi connectivity index (χ4n) is 2.05. The fourth-order valence-corrected chi connectivity index (χ4v) is 2.42. The van der Waals surface area contributed by atoms with Crippen molar-refractivity contribution in [1.82, 2.24) is 4.98 Å². The average molecular weight is 330 g/mol. The molecule has 4 nitrogen and oxygen atoms in total. The van der Waals surface area contributed by atoms with Gasteiger partial charge in [-0.3, -0.25) is 4.79 Å². The first-order valence-corrected chi connectivity index (χ1v) is 6.86. The van der Waals surface area contributed by atoms with Crippen molar-refractivity contribution in [1.29, 1.82) is 0 Å². The number of benzene rings is 2. The minimum atomic E-state index is -0.223. The number of nitrogens with two attached hydrogens (primary N) is 1. The molecule has 0 aliphatic carbocycles. The van der Waals surface area contributed by atoms with E-state index in [4.69, 9.17) is 5.73 Å². The van der Waals surface area contributed by atoms with Crippen molar-refractivity contribution in [3.63, 3.8) is 0 Å². The maximum absolute atomic E-state index is 12.2. The van der Waals surface area contributed by atoms with Gasteiger partial charge in [0.15, 0.2) is 0 Å². The van der Waals surface area contributed by atoms with Crippen LogP contribution in [0.25, 0.3) is 10.9 Å². The summed E-state index contributed by atoms with van der Waals surface area (Å²) in [6.07, 6.45) is 1.86. The molecule has 100 valence electrons. The summed E-state index contributed by atoms with van der Waals surface area (Å²) in [5, 5.41) is 3.90. The van der Waals surface area contributed by atoms with Crippen molar-refractivity contribution < 1.29 is 4.79 Å². The number of fused-ring (bicyclic) bond motifs is 1. The van der Waals surface area contributed by atoms with Gasteiger partial charge in [-0.1, -0.05) is 15.9 Å². The molecule has 0 aliphatic heterocycles. The van der Waals surface area contributed by atoms with Crippen LogP contribution in [0.15, 0.2) is 53.1 Å². The molecule has 1 heterocycles. The molecule has 0 aliphatic rings. The molecule has 0 fully saturated rings. The number of halogens is 1. The van der Waals surface area contributed by atoms with Crippen molar-refractivity contribution in [3.8, 4) is 0 Å². The number of nitrogens with one attached hydrogen (secondary N) is 2. The smallest absolute Gasteiger partial charge is 0.257 e. The SMILES string of the molecule is Nc1ccc(Br)cc1C(=O)Nc1ccc2[nH]ccc2c1. The highest BCUT2D eigenvalue weighted by Crippen LogP contribution is 2.22. The molecule has 0 unspecified atom stereocenters. The molecule has 0 bridgehead atoms. The fraction of sp³-hybridized carbons (Fsp3) is 0. The number of aromatic amines is 1. The van der Waals surface area contributed by atoms with Gasteiger partial charge in [0, 0.05) is 32.9 Å². The summed E-state index contributed by atoms with van der Waals surface area (Å²) in [6, 6.07) is 12.9. The van der Waals surface area contributed by atoms with Crippen LogP contribution in [0.4, 0.5) is 11.4 Å². The van der Waals surface area contributed by atoms with E-state index in [0.29, 0.717) is 11.3 Å². The van der Waals surface area contributed by atoms with Gasteiger partial charge in [-0.25, -0.2) is 0 Å². The zero-order chi connectivity index (χ0) is 14.1. The number of rotatable bonds is 2. The van der Waals surface area contributed by atoms with Gasteiger partial charge in [-0.2, -0.15) is 0 Å². The van der Waals surface area contributed by atoms with Gasteiger partial charge in [-0.15, -0.1) is 0 Å². The van der Waals surface area contributed by atoms with Gasteiger partial charge in [0.2, 0.25) is 0 Å². The van der Waals surface area contributed by atoms with E-state index in [-0.39, 0.29) is 5.91 Å². The molecular formula is C15H12BrN3O. The Labute approximate surface area is 124 Å². The molecule has 5 heteroatoms. The monoisotopic (exact) mass is 329 g/mol. The number of carbonyl (C=O) groups is 1. The van der Waals surface area contributed by atoms with E-state index in [1.165, 1.54) is 0 Å². The number of aromatic nitrogens is 1. The number of carbonyl (C=O) groups excluding carboxylic acids is 1. The minimum absolute atomic E-state index is 0.223. The lowest BCUT2D eigenvalue weighted by atomic mass is 10.1. The highest BCUT2D eigenvalue weighted by atomic mass is 79.9. The molecular weight excluding hydrogens is 318 g/mol. The third kappa shape index (κ3) is 2.40. The number of hydrogen-bond acceptors (Lipinski definition) is 2. The number of amides is 1. The highest BCUT2D eigenvalue weighted by molar-refractivity contribution is 9.10. The zero-order valence-corrected chi connectivity index (χ0v) is 12.1. The molecule has 0 saturated carbocycles. The predicted molar refractivity (Wildman–Crippen MR) is 84.8 cm³/mol. The Morgan fingerprint density at radius 2 is 2.00 bits per heavy atom. The third-order valence-electron chi connectivity index (χ3n) is 3.07. The van der Waals surface area contributed by atoms with E-state index in [9.17, 15) is 4.79 Å². The van der Waals surface area contributed by atoms with Crippen LogP contribution in [0.1, 0.15) is 10.4 Å². The minimum Gasteiger partial charge on any atom is -0.398 e. The first-order valence-electron chi connectivity index (χ1n) is 6.07. The molecule has 20 heavy (non-hydrogen) atoms. The third-order valence-corrected chi connectivity index (χ3v) is 3.56.